The van der Waals surface area contributed by atoms with Crippen LogP contribution < -0.4 is 11.2 Å². The van der Waals surface area contributed by atoms with Crippen LogP contribution in [0.15, 0.2) is 6.20 Å². The van der Waals surface area contributed by atoms with Crippen molar-refractivity contribution in [3.05, 3.63) is 16.1 Å². The molecule has 72 valence electrons. The largest absolute Gasteiger partial charge is 0.368 e. The number of hydroxylamine groups is 1. The molecule has 0 radical (unpaired) electrons. The Balaban J connectivity index is 2.16. The highest BCUT2D eigenvalue weighted by molar-refractivity contribution is 7.11. The van der Waals surface area contributed by atoms with Crippen LogP contribution in [0.2, 0.25) is 0 Å². The highest BCUT2D eigenvalue weighted by Gasteiger charge is 1.98. The molecule has 6 heteroatoms. The number of aromatic nitrogens is 1. The highest BCUT2D eigenvalue weighted by Crippen LogP contribution is 2.10. The van der Waals surface area contributed by atoms with Gasteiger partial charge in [0.2, 0.25) is 5.91 Å². The first kappa shape index (κ1) is 10.1. The van der Waals surface area contributed by atoms with Crippen LogP contribution in [-0.2, 0) is 16.2 Å². The van der Waals surface area contributed by atoms with Gasteiger partial charge in [-0.15, -0.1) is 11.3 Å². The molecule has 0 spiro atoms. The average Bonchev–Trinajstić information content (AvgIpc) is 2.45. The van der Waals surface area contributed by atoms with E-state index in [1.807, 2.05) is 6.92 Å². The molecule has 0 aromatic carbocycles. The maximum atomic E-state index is 10.3. The summed E-state index contributed by atoms with van der Waals surface area (Å²) in [6, 6.07) is 0. The molecule has 0 bridgehead atoms. The molecule has 0 saturated carbocycles. The Morgan fingerprint density at radius 1 is 1.85 bits per heavy atom. The molecule has 0 aliphatic rings. The van der Waals surface area contributed by atoms with Crippen LogP contribution in [0, 0.1) is 6.92 Å². The maximum Gasteiger partial charge on any atom is 0.245 e. The molecule has 1 rings (SSSR count). The van der Waals surface area contributed by atoms with Gasteiger partial charge in [0.1, 0.15) is 6.61 Å². The predicted molar refractivity (Wildman–Crippen MR) is 48.8 cm³/mol. The Morgan fingerprint density at radius 2 is 2.62 bits per heavy atom. The van der Waals surface area contributed by atoms with E-state index in [9.17, 15) is 4.79 Å². The van der Waals surface area contributed by atoms with Crippen molar-refractivity contribution in [1.82, 2.24) is 10.5 Å². The highest BCUT2D eigenvalue weighted by atomic mass is 32.1. The van der Waals surface area contributed by atoms with Crippen LogP contribution in [-0.4, -0.2) is 17.5 Å². The third-order valence-corrected chi connectivity index (χ3v) is 2.14. The molecule has 0 unspecified atom stereocenters. The summed E-state index contributed by atoms with van der Waals surface area (Å²) in [6.45, 7) is 2.36. The minimum absolute atomic E-state index is 0.113. The van der Waals surface area contributed by atoms with Gasteiger partial charge in [0, 0.05) is 11.1 Å². The van der Waals surface area contributed by atoms with E-state index in [-0.39, 0.29) is 6.61 Å². The molecule has 0 atom stereocenters. The fraction of sp³-hybridized carbons (Fsp3) is 0.429. The topological polar surface area (TPSA) is 77.2 Å². The normalized spacial score (nSPS) is 10.2. The Labute approximate surface area is 79.9 Å². The summed E-state index contributed by atoms with van der Waals surface area (Å²) in [4.78, 5) is 20.1. The summed E-state index contributed by atoms with van der Waals surface area (Å²) in [6.07, 6.45) is 1.76. The number of nitrogens with zero attached hydrogens (tertiary/aromatic N) is 1. The molecule has 13 heavy (non-hydrogen) atoms. The third kappa shape index (κ3) is 3.97. The summed E-state index contributed by atoms with van der Waals surface area (Å²) >= 11 is 1.58. The summed E-state index contributed by atoms with van der Waals surface area (Å²) in [7, 11) is 0. The number of thiazole rings is 1. The van der Waals surface area contributed by atoms with Crippen molar-refractivity contribution in [2.45, 2.75) is 13.5 Å². The lowest BCUT2D eigenvalue weighted by atomic mass is 10.6. The minimum atomic E-state index is -0.493. The number of rotatable bonds is 5. The number of nitrogens with one attached hydrogen (secondary N) is 1. The first-order valence-corrected chi connectivity index (χ1v) is 4.54. The van der Waals surface area contributed by atoms with Gasteiger partial charge in [-0.3, -0.25) is 9.63 Å². The SMILES string of the molecule is Cc1ncc(CNOCC(N)=O)s1. The van der Waals surface area contributed by atoms with E-state index in [1.165, 1.54) is 0 Å². The van der Waals surface area contributed by atoms with E-state index in [4.69, 9.17) is 10.6 Å². The number of hydrogen-bond acceptors (Lipinski definition) is 5. The van der Waals surface area contributed by atoms with Crippen LogP contribution in [0.1, 0.15) is 9.88 Å². The summed E-state index contributed by atoms with van der Waals surface area (Å²) in [5, 5.41) is 1.01. The molecule has 1 heterocycles. The van der Waals surface area contributed by atoms with Gasteiger partial charge in [-0.1, -0.05) is 0 Å². The van der Waals surface area contributed by atoms with E-state index >= 15 is 0 Å². The molecule has 1 amide bonds. The summed E-state index contributed by atoms with van der Waals surface area (Å²) < 4.78 is 0. The molecular weight excluding hydrogens is 190 g/mol. The minimum Gasteiger partial charge on any atom is -0.368 e. The Bertz CT molecular complexity index is 287. The quantitative estimate of drug-likeness (QED) is 0.517. The van der Waals surface area contributed by atoms with Gasteiger partial charge in [0.05, 0.1) is 11.6 Å². The Kier molecular flexibility index (Phi) is 3.81. The second kappa shape index (κ2) is 4.90. The van der Waals surface area contributed by atoms with E-state index in [2.05, 4.69) is 10.5 Å². The molecule has 3 N–H and O–H groups in total. The Hall–Kier alpha value is -0.980. The summed E-state index contributed by atoms with van der Waals surface area (Å²) in [5.41, 5.74) is 7.48. The zero-order valence-electron chi connectivity index (χ0n) is 7.24. The smallest absolute Gasteiger partial charge is 0.245 e. The molecule has 1 aromatic rings. The monoisotopic (exact) mass is 201 g/mol. The summed E-state index contributed by atoms with van der Waals surface area (Å²) in [5.74, 6) is -0.493. The number of nitrogens with two attached hydrogens (primary N) is 1. The fourth-order valence-corrected chi connectivity index (χ4v) is 1.45. The second-order valence-corrected chi connectivity index (χ2v) is 3.74. The van der Waals surface area contributed by atoms with Crippen LogP contribution in [0.4, 0.5) is 0 Å². The van der Waals surface area contributed by atoms with Gasteiger partial charge in [-0.05, 0) is 6.92 Å². The third-order valence-electron chi connectivity index (χ3n) is 1.23. The molecule has 1 aromatic heterocycles. The van der Waals surface area contributed by atoms with E-state index in [0.717, 1.165) is 9.88 Å². The van der Waals surface area contributed by atoms with Crippen LogP contribution in [0.3, 0.4) is 0 Å². The van der Waals surface area contributed by atoms with Crippen molar-refractivity contribution < 1.29 is 9.63 Å². The number of carbonyl (C=O) groups is 1. The molecular formula is C7H11N3O2S. The number of hydrogen-bond donors (Lipinski definition) is 2. The van der Waals surface area contributed by atoms with E-state index < -0.39 is 5.91 Å². The molecule has 0 saturated heterocycles. The van der Waals surface area contributed by atoms with Crippen molar-refractivity contribution in [3.63, 3.8) is 0 Å². The zero-order chi connectivity index (χ0) is 9.68. The van der Waals surface area contributed by atoms with Crippen molar-refractivity contribution in [2.24, 2.45) is 5.73 Å². The number of aryl methyl sites for hydroxylation is 1. The molecule has 5 nitrogen and oxygen atoms in total. The van der Waals surface area contributed by atoms with Crippen LogP contribution in [0.5, 0.6) is 0 Å². The van der Waals surface area contributed by atoms with Gasteiger partial charge in [0.15, 0.2) is 0 Å². The lowest BCUT2D eigenvalue weighted by Crippen LogP contribution is -2.24. The van der Waals surface area contributed by atoms with Crippen LogP contribution in [0.25, 0.3) is 0 Å². The fourth-order valence-electron chi connectivity index (χ4n) is 0.731. The van der Waals surface area contributed by atoms with Crippen molar-refractivity contribution >= 4 is 17.2 Å². The molecule has 0 fully saturated rings. The zero-order valence-corrected chi connectivity index (χ0v) is 8.06. The predicted octanol–water partition coefficient (Wildman–Crippen LogP) is -0.0420. The van der Waals surface area contributed by atoms with E-state index in [1.54, 1.807) is 17.5 Å². The number of carbonyl (C=O) groups excluding carboxylic acids is 1. The van der Waals surface area contributed by atoms with Crippen molar-refractivity contribution in [1.29, 1.82) is 0 Å². The van der Waals surface area contributed by atoms with Crippen molar-refractivity contribution in [3.8, 4) is 0 Å². The standard InChI is InChI=1S/C7H11N3O2S/c1-5-9-2-6(13-5)3-10-12-4-7(8)11/h2,10H,3-4H2,1H3,(H2,8,11). The average molecular weight is 201 g/mol. The van der Waals surface area contributed by atoms with Crippen LogP contribution >= 0.6 is 11.3 Å². The van der Waals surface area contributed by atoms with Gasteiger partial charge in [-0.25, -0.2) is 4.98 Å². The number of primary amides is 1. The lowest BCUT2D eigenvalue weighted by Gasteiger charge is -2.00. The van der Waals surface area contributed by atoms with Gasteiger partial charge in [-0.2, -0.15) is 5.48 Å². The lowest BCUT2D eigenvalue weighted by molar-refractivity contribution is -0.125. The van der Waals surface area contributed by atoms with Gasteiger partial charge in [0.25, 0.3) is 0 Å². The first-order valence-electron chi connectivity index (χ1n) is 3.72. The second-order valence-electron chi connectivity index (χ2n) is 2.42. The van der Waals surface area contributed by atoms with Crippen molar-refractivity contribution in [2.75, 3.05) is 6.61 Å². The van der Waals surface area contributed by atoms with Gasteiger partial charge >= 0.3 is 0 Å². The van der Waals surface area contributed by atoms with E-state index in [0.29, 0.717) is 6.54 Å². The first-order chi connectivity index (χ1) is 6.18. The Morgan fingerprint density at radius 3 is 3.15 bits per heavy atom. The maximum absolute atomic E-state index is 10.3. The molecule has 0 aliphatic heterocycles. The number of amides is 1. The van der Waals surface area contributed by atoms with Gasteiger partial charge < -0.3 is 5.73 Å². The molecule has 0 aliphatic carbocycles.